The predicted molar refractivity (Wildman–Crippen MR) is 86.4 cm³/mol. The molecule has 3 nitrogen and oxygen atoms in total. The van der Waals surface area contributed by atoms with E-state index in [-0.39, 0.29) is 0 Å². The van der Waals surface area contributed by atoms with Crippen LogP contribution in [0.1, 0.15) is 31.9 Å². The first-order valence-electron chi connectivity index (χ1n) is 7.20. The third-order valence-electron chi connectivity index (χ3n) is 3.01. The molecule has 4 heteroatoms. The van der Waals surface area contributed by atoms with E-state index in [1.165, 1.54) is 5.56 Å². The van der Waals surface area contributed by atoms with Crippen molar-refractivity contribution in [2.24, 2.45) is 0 Å². The van der Waals surface area contributed by atoms with Crippen LogP contribution >= 0.6 is 0 Å². The van der Waals surface area contributed by atoms with Gasteiger partial charge in [-0.3, -0.25) is 0 Å². The maximum atomic E-state index is 5.83. The zero-order chi connectivity index (χ0) is 14.8. The van der Waals surface area contributed by atoms with Gasteiger partial charge in [-0.05, 0) is 38.3 Å². The first kappa shape index (κ1) is 17.1. The molecule has 0 aliphatic rings. The summed E-state index contributed by atoms with van der Waals surface area (Å²) < 4.78 is 17.1. The van der Waals surface area contributed by atoms with Crippen molar-refractivity contribution in [1.29, 1.82) is 0 Å². The molecule has 0 amide bonds. The molecule has 0 N–H and O–H groups in total. The highest BCUT2D eigenvalue weighted by Gasteiger charge is 2.25. The normalized spacial score (nSPS) is 12.2. The van der Waals surface area contributed by atoms with E-state index in [0.717, 1.165) is 18.6 Å². The van der Waals surface area contributed by atoms with Gasteiger partial charge in [-0.1, -0.05) is 36.9 Å². The summed E-state index contributed by atoms with van der Waals surface area (Å²) in [5.41, 5.74) is 1.92. The van der Waals surface area contributed by atoms with Crippen LogP contribution in [0, 0.1) is 0 Å². The van der Waals surface area contributed by atoms with Gasteiger partial charge in [-0.25, -0.2) is 0 Å². The highest BCUT2D eigenvalue weighted by molar-refractivity contribution is 6.30. The summed E-state index contributed by atoms with van der Waals surface area (Å²) >= 11 is 0. The molecule has 0 aliphatic carbocycles. The number of rotatable bonds is 10. The van der Waals surface area contributed by atoms with Gasteiger partial charge in [0.15, 0.2) is 5.41 Å². The molecule has 0 spiro atoms. The van der Waals surface area contributed by atoms with E-state index in [0.29, 0.717) is 13.2 Å². The topological polar surface area (TPSA) is 27.7 Å². The molecule has 1 aromatic carbocycles. The molecule has 1 aromatic rings. The molecule has 0 fully saturated rings. The van der Waals surface area contributed by atoms with Crippen molar-refractivity contribution in [3.63, 3.8) is 0 Å². The Morgan fingerprint density at radius 2 is 1.75 bits per heavy atom. The molecular formula is C16H26O3Si. The highest BCUT2D eigenvalue weighted by atomic mass is 28.2. The summed E-state index contributed by atoms with van der Waals surface area (Å²) in [6.45, 7) is 11.7. The van der Waals surface area contributed by atoms with Crippen molar-refractivity contribution in [1.82, 2.24) is 0 Å². The second-order valence-electron chi connectivity index (χ2n) is 4.75. The van der Waals surface area contributed by atoms with Gasteiger partial charge < -0.3 is 13.9 Å². The van der Waals surface area contributed by atoms with E-state index < -0.39 is 15.2 Å². The number of ether oxygens (including phenoxy) is 2. The third-order valence-corrected chi connectivity index (χ3v) is 4.44. The van der Waals surface area contributed by atoms with Crippen molar-refractivity contribution >= 4 is 15.8 Å². The van der Waals surface area contributed by atoms with Gasteiger partial charge in [-0.15, -0.1) is 0 Å². The van der Waals surface area contributed by atoms with Crippen molar-refractivity contribution in [3.05, 3.63) is 42.0 Å². The maximum Gasteiger partial charge on any atom is 0.227 e. The molecule has 0 aliphatic heterocycles. The molecule has 112 valence electrons. The van der Waals surface area contributed by atoms with Gasteiger partial charge in [0.1, 0.15) is 0 Å². The third kappa shape index (κ3) is 6.01. The van der Waals surface area contributed by atoms with Gasteiger partial charge in [0, 0.05) is 19.8 Å². The smallest absolute Gasteiger partial charge is 0.227 e. The largest absolute Gasteiger partial charge is 0.417 e. The number of hydrogen-bond acceptors (Lipinski definition) is 3. The highest BCUT2D eigenvalue weighted by Crippen LogP contribution is 2.12. The van der Waals surface area contributed by atoms with Gasteiger partial charge in [0.05, 0.1) is 0 Å². The van der Waals surface area contributed by atoms with Crippen LogP contribution < -0.4 is 0 Å². The zero-order valence-corrected chi connectivity index (χ0v) is 14.3. The predicted octanol–water partition coefficient (Wildman–Crippen LogP) is 2.72. The fourth-order valence-corrected chi connectivity index (χ4v) is 3.24. The van der Waals surface area contributed by atoms with Crippen molar-refractivity contribution in [3.8, 4) is 0 Å². The first-order chi connectivity index (χ1) is 9.63. The minimum absolute atomic E-state index is 0.504. The van der Waals surface area contributed by atoms with E-state index in [2.05, 4.69) is 30.8 Å². The molecule has 0 saturated carbocycles. The Hall–Kier alpha value is -0.943. The first-order valence-corrected chi connectivity index (χ1v) is 8.49. The van der Waals surface area contributed by atoms with Gasteiger partial charge in [0.2, 0.25) is 9.76 Å². The standard InChI is InChI=1S/C16H26O3Si/c1-5-14-8-10-15(11-9-14)12-13-19-20-16(4,17-6-2)18-7-3/h5,8-11H,1,6-7,12-13,20H2,2-4H3. The average Bonchev–Trinajstić information content (AvgIpc) is 2.45. The minimum Gasteiger partial charge on any atom is -0.417 e. The van der Waals surface area contributed by atoms with Crippen LogP contribution in [0.5, 0.6) is 0 Å². The van der Waals surface area contributed by atoms with Gasteiger partial charge >= 0.3 is 0 Å². The van der Waals surface area contributed by atoms with Crippen molar-refractivity contribution < 1.29 is 13.9 Å². The minimum atomic E-state index is -0.882. The lowest BCUT2D eigenvalue weighted by molar-refractivity contribution is -0.169. The Morgan fingerprint density at radius 3 is 2.25 bits per heavy atom. The zero-order valence-electron chi connectivity index (χ0n) is 12.9. The molecule has 0 aromatic heterocycles. The molecule has 0 saturated heterocycles. The monoisotopic (exact) mass is 294 g/mol. The quantitative estimate of drug-likeness (QED) is 0.377. The van der Waals surface area contributed by atoms with E-state index in [1.54, 1.807) is 0 Å². The Morgan fingerprint density at radius 1 is 1.15 bits per heavy atom. The molecule has 0 unspecified atom stereocenters. The fourth-order valence-electron chi connectivity index (χ4n) is 2.00. The average molecular weight is 294 g/mol. The molecule has 0 radical (unpaired) electrons. The second-order valence-corrected chi connectivity index (χ2v) is 6.73. The lowest BCUT2D eigenvalue weighted by Crippen LogP contribution is -2.41. The van der Waals surface area contributed by atoms with Crippen LogP contribution in [-0.2, 0) is 20.3 Å². The van der Waals surface area contributed by atoms with Gasteiger partial charge in [-0.2, -0.15) is 0 Å². The fraction of sp³-hybridized carbons (Fsp3) is 0.500. The lowest BCUT2D eigenvalue weighted by atomic mass is 10.1. The van der Waals surface area contributed by atoms with Gasteiger partial charge in [0.25, 0.3) is 0 Å². The van der Waals surface area contributed by atoms with E-state index in [9.17, 15) is 0 Å². The van der Waals surface area contributed by atoms with Crippen LogP contribution in [0.25, 0.3) is 6.08 Å². The Kier molecular flexibility index (Phi) is 7.77. The van der Waals surface area contributed by atoms with E-state index in [4.69, 9.17) is 13.9 Å². The van der Waals surface area contributed by atoms with Crippen LogP contribution in [0.15, 0.2) is 30.8 Å². The van der Waals surface area contributed by atoms with Crippen LogP contribution in [0.4, 0.5) is 0 Å². The second kappa shape index (κ2) is 9.08. The molecule has 1 rings (SSSR count). The molecule has 20 heavy (non-hydrogen) atoms. The molecular weight excluding hydrogens is 268 g/mol. The molecule has 0 atom stereocenters. The van der Waals surface area contributed by atoms with Crippen LogP contribution in [0.2, 0.25) is 0 Å². The summed E-state index contributed by atoms with van der Waals surface area (Å²) in [5, 5.41) is 0. The summed E-state index contributed by atoms with van der Waals surface area (Å²) in [5.74, 6) is 0. The summed E-state index contributed by atoms with van der Waals surface area (Å²) in [6.07, 6.45) is 2.77. The van der Waals surface area contributed by atoms with Crippen LogP contribution in [0.3, 0.4) is 0 Å². The maximum absolute atomic E-state index is 5.83. The van der Waals surface area contributed by atoms with E-state index >= 15 is 0 Å². The molecule has 0 bridgehead atoms. The van der Waals surface area contributed by atoms with Crippen LogP contribution in [-0.4, -0.2) is 35.0 Å². The lowest BCUT2D eigenvalue weighted by Gasteiger charge is -2.28. The summed E-state index contributed by atoms with van der Waals surface area (Å²) in [4.78, 5) is 0. The van der Waals surface area contributed by atoms with E-state index in [1.807, 2.05) is 26.8 Å². The number of hydrogen-bond donors (Lipinski definition) is 0. The Labute approximate surface area is 124 Å². The van der Waals surface area contributed by atoms with Crippen molar-refractivity contribution in [2.45, 2.75) is 32.6 Å². The van der Waals surface area contributed by atoms with Crippen molar-refractivity contribution in [2.75, 3.05) is 19.8 Å². The Bertz CT molecular complexity index is 383. The molecule has 0 heterocycles. The summed E-state index contributed by atoms with van der Waals surface area (Å²) in [6, 6.07) is 8.38. The summed E-state index contributed by atoms with van der Waals surface area (Å²) in [7, 11) is -0.882. The Balaban J connectivity index is 2.33. The SMILES string of the molecule is C=Cc1ccc(CCO[SiH2]C(C)(OCC)OCC)cc1. The number of benzene rings is 1.